The molecule has 4 aliphatic carbocycles. The number of carbonyl (C=O) groups is 3. The highest BCUT2D eigenvalue weighted by molar-refractivity contribution is 7.92. The minimum absolute atomic E-state index is 0. The molecule has 2 N–H and O–H groups in total. The predicted octanol–water partition coefficient (Wildman–Crippen LogP) is 19.3. The maximum absolute atomic E-state index is 14.6. The number of benzene rings is 5. The second kappa shape index (κ2) is 40.0. The highest BCUT2D eigenvalue weighted by Gasteiger charge is 2.43. The summed E-state index contributed by atoms with van der Waals surface area (Å²) in [6, 6.07) is 18.7. The van der Waals surface area contributed by atoms with Gasteiger partial charge in [-0.05, 0) is 331 Å². The quantitative estimate of drug-likeness (QED) is 0.0688. The SMILES string of the molecule is C=C1CC(C(=O)N2CCC(c3cc(Cl)c(C)cc3N(CC3CC3)S(C)(=O)=O)CC2)[C@H](c2ccc(F)cc2F)C1.Cc1cc(N(CC2CC2)S(C)(=O)=O)c(C2CCN(C(=O)OC(C)(C)C)CC2)cc1Cl.Cc1cc(N(CC2CC2)S(C)(=O)=O)c(C2CCNCC2)cc1Cl.Cc1cc(NS(C)(=O)=O)c(C2CCN(C(=O)OC(C)(C)C)CC2)cc1Cl.Cl. The molecule has 8 fully saturated rings. The number of piperidine rings is 4. The lowest BCUT2D eigenvalue weighted by Crippen LogP contribution is -2.42. The molecule has 5 aromatic rings. The molecule has 4 aliphatic heterocycles. The van der Waals surface area contributed by atoms with Gasteiger partial charge in [0.2, 0.25) is 46.0 Å². The van der Waals surface area contributed by atoms with Crippen molar-refractivity contribution in [1.82, 2.24) is 20.0 Å². The van der Waals surface area contributed by atoms with Crippen molar-refractivity contribution in [3.8, 4) is 0 Å². The molecule has 0 radical (unpaired) electrons. The molecule has 4 saturated heterocycles. The van der Waals surface area contributed by atoms with Gasteiger partial charge in [0.25, 0.3) is 0 Å². The number of ether oxygens (including phenoxy) is 2. The number of carbonyl (C=O) groups excluding carboxylic acids is 3. The second-order valence-corrected chi connectivity index (χ2v) is 45.0. The lowest BCUT2D eigenvalue weighted by Gasteiger charge is -2.36. The van der Waals surface area contributed by atoms with E-state index < -0.39 is 68.8 Å². The topological polar surface area (TPSA) is 250 Å². The molecule has 13 rings (SSSR count). The molecular weight excluding hydrogens is 1710 g/mol. The van der Waals surface area contributed by atoms with Gasteiger partial charge < -0.3 is 29.5 Å². The number of anilines is 4. The van der Waals surface area contributed by atoms with Gasteiger partial charge in [-0.3, -0.25) is 22.4 Å². The van der Waals surface area contributed by atoms with Crippen molar-refractivity contribution in [3.63, 3.8) is 0 Å². The summed E-state index contributed by atoms with van der Waals surface area (Å²) in [6.45, 7) is 29.5. The monoisotopic (exact) mass is 1830 g/mol. The summed E-state index contributed by atoms with van der Waals surface area (Å²) >= 11 is 25.6. The van der Waals surface area contributed by atoms with E-state index in [2.05, 4.69) is 16.6 Å². The number of rotatable bonds is 20. The first-order chi connectivity index (χ1) is 55.0. The fraction of sp³-hybridized carbons (Fsp3) is 0.598. The maximum atomic E-state index is 14.6. The average molecular weight is 1830 g/mol. The third-order valence-corrected chi connectivity index (χ3v) is 29.0. The van der Waals surface area contributed by atoms with E-state index in [9.17, 15) is 56.8 Å². The van der Waals surface area contributed by atoms with Crippen LogP contribution in [0.1, 0.15) is 224 Å². The van der Waals surface area contributed by atoms with Gasteiger partial charge in [0.05, 0.1) is 47.8 Å². The van der Waals surface area contributed by atoms with Gasteiger partial charge in [0.15, 0.2) is 0 Å². The van der Waals surface area contributed by atoms with E-state index in [1.165, 1.54) is 35.2 Å². The highest BCUT2D eigenvalue weighted by atomic mass is 35.5. The van der Waals surface area contributed by atoms with Crippen molar-refractivity contribution in [2.75, 3.05) is 115 Å². The number of nitrogens with one attached hydrogen (secondary N) is 2. The first-order valence-corrected chi connectivity index (χ1v) is 50.1. The Bertz CT molecular complexity index is 4980. The fourth-order valence-electron chi connectivity index (χ4n) is 16.4. The first kappa shape index (κ1) is 96.9. The van der Waals surface area contributed by atoms with Crippen LogP contribution in [-0.4, -0.2) is 175 Å². The maximum Gasteiger partial charge on any atom is 0.410 e. The van der Waals surface area contributed by atoms with E-state index in [1.807, 2.05) is 117 Å². The second-order valence-electron chi connectivity index (χ2n) is 35.9. The number of allylic oxidation sites excluding steroid dienone is 1. The van der Waals surface area contributed by atoms with Gasteiger partial charge in [-0.25, -0.2) is 52.0 Å². The Morgan fingerprint density at radius 1 is 0.471 bits per heavy atom. The van der Waals surface area contributed by atoms with Crippen molar-refractivity contribution in [1.29, 1.82) is 0 Å². The van der Waals surface area contributed by atoms with Gasteiger partial charge in [0, 0.05) is 96.9 Å². The molecule has 1 unspecified atom stereocenters. The number of hydrogen-bond acceptors (Lipinski definition) is 14. The van der Waals surface area contributed by atoms with Crippen LogP contribution in [0.4, 0.5) is 41.1 Å². The smallest absolute Gasteiger partial charge is 0.410 e. The van der Waals surface area contributed by atoms with Crippen LogP contribution in [0.2, 0.25) is 20.1 Å². The molecule has 660 valence electrons. The highest BCUT2D eigenvalue weighted by Crippen LogP contribution is 2.49. The molecule has 4 heterocycles. The molecule has 2 atom stereocenters. The molecule has 119 heavy (non-hydrogen) atoms. The molecule has 0 bridgehead atoms. The molecular formula is C87H121Cl5F2N8O13S4. The number of amides is 3. The molecule has 4 saturated carbocycles. The van der Waals surface area contributed by atoms with E-state index in [4.69, 9.17) is 55.9 Å². The summed E-state index contributed by atoms with van der Waals surface area (Å²) in [5.74, 6) is -0.110. The summed E-state index contributed by atoms with van der Waals surface area (Å²) < 4.78 is 145. The Hall–Kier alpha value is -5.88. The van der Waals surface area contributed by atoms with Crippen molar-refractivity contribution < 1.29 is 66.3 Å². The van der Waals surface area contributed by atoms with Gasteiger partial charge in [-0.1, -0.05) is 64.6 Å². The van der Waals surface area contributed by atoms with Crippen molar-refractivity contribution in [2.45, 2.75) is 213 Å². The number of aryl methyl sites for hydroxylation is 4. The number of sulfonamides is 4. The third kappa shape index (κ3) is 27.3. The van der Waals surface area contributed by atoms with Crippen molar-refractivity contribution >= 4 is 140 Å². The Morgan fingerprint density at radius 2 is 0.798 bits per heavy atom. The van der Waals surface area contributed by atoms with E-state index in [0.717, 1.165) is 169 Å². The number of likely N-dealkylation sites (tertiary alicyclic amines) is 3. The van der Waals surface area contributed by atoms with Gasteiger partial charge in [-0.15, -0.1) is 12.4 Å². The van der Waals surface area contributed by atoms with Gasteiger partial charge in [-0.2, -0.15) is 0 Å². The van der Waals surface area contributed by atoms with Gasteiger partial charge >= 0.3 is 12.2 Å². The number of halogens is 7. The van der Waals surface area contributed by atoms with Crippen LogP contribution < -0.4 is 23.0 Å². The lowest BCUT2D eigenvalue weighted by atomic mass is 9.85. The molecule has 21 nitrogen and oxygen atoms in total. The lowest BCUT2D eigenvalue weighted by molar-refractivity contribution is -0.136. The largest absolute Gasteiger partial charge is 0.444 e. The van der Waals surface area contributed by atoms with E-state index in [0.29, 0.717) is 140 Å². The van der Waals surface area contributed by atoms with Crippen molar-refractivity contribution in [2.24, 2.45) is 23.7 Å². The third-order valence-electron chi connectivity index (χ3n) is 23.3. The molecule has 0 aromatic heterocycles. The predicted molar refractivity (Wildman–Crippen MR) is 479 cm³/mol. The normalized spacial score (nSPS) is 19.4. The fourth-order valence-corrected chi connectivity index (χ4v) is 20.6. The summed E-state index contributed by atoms with van der Waals surface area (Å²) in [7, 11) is -13.6. The number of nitrogens with zero attached hydrogens (tertiary/aromatic N) is 6. The molecule has 5 aromatic carbocycles. The van der Waals surface area contributed by atoms with E-state index in [1.54, 1.807) is 24.5 Å². The van der Waals surface area contributed by atoms with Crippen LogP contribution >= 0.6 is 58.8 Å². The first-order valence-electron chi connectivity index (χ1n) is 41.2. The van der Waals surface area contributed by atoms with Crippen LogP contribution in [0.15, 0.2) is 78.9 Å². The summed E-state index contributed by atoms with van der Waals surface area (Å²) in [4.78, 5) is 43.5. The van der Waals surface area contributed by atoms with Crippen LogP contribution in [0.5, 0.6) is 0 Å². The molecule has 32 heteroatoms. The van der Waals surface area contributed by atoms with Crippen LogP contribution in [0, 0.1) is 63.0 Å². The molecule has 8 aliphatic rings. The van der Waals surface area contributed by atoms with Crippen LogP contribution in [0.25, 0.3) is 0 Å². The Morgan fingerprint density at radius 3 is 1.13 bits per heavy atom. The average Bonchev–Trinajstić information content (AvgIpc) is 1.75. The minimum atomic E-state index is -3.48. The zero-order chi connectivity index (χ0) is 86.6. The zero-order valence-electron chi connectivity index (χ0n) is 71.1. The van der Waals surface area contributed by atoms with Crippen LogP contribution in [0.3, 0.4) is 0 Å². The minimum Gasteiger partial charge on any atom is -0.444 e. The Balaban J connectivity index is 0.000000184. The van der Waals surface area contributed by atoms with E-state index in [-0.39, 0.29) is 54.2 Å². The zero-order valence-corrected chi connectivity index (χ0v) is 78.3. The Kier molecular flexibility index (Phi) is 32.6. The number of hydrogen-bond donors (Lipinski definition) is 2. The summed E-state index contributed by atoms with van der Waals surface area (Å²) in [5.41, 5.74) is 10.3. The Labute approximate surface area is 732 Å². The van der Waals surface area contributed by atoms with Crippen LogP contribution in [-0.2, 0) is 54.4 Å². The summed E-state index contributed by atoms with van der Waals surface area (Å²) in [5, 5.41) is 5.94. The summed E-state index contributed by atoms with van der Waals surface area (Å²) in [6.07, 6.45) is 18.1. The van der Waals surface area contributed by atoms with E-state index >= 15 is 0 Å². The standard InChI is InChI=1S/C30H35ClF2N2O3S.C22H33ClN2O4S.C18H27ClN2O4S.C17H25ClN2O2S.ClH/c1-18-12-25(23-7-6-22(32)15-28(23)33)26(13-18)30(36)34-10-8-21(9-11-34)24-16-27(31)19(2)14-29(24)35(39(3,37)38)17-20-4-5-20;1-15-12-20(25(30(5,27)28)14-16-6-7-16)18(13-19(15)23)17-8-10-24(11-9-17)21(26)29-22(2,3)4;1-12-10-16(20-26(5,23)24)14(11-15(12)19)13-6-8-21(9-7-13)17(22)25-18(2,3)4;1-12-9-17(20(23(2,21)22)11-13-3-4-13)15(10-16(12)18)14-5-7-19-8-6-14;/h6-7,14-16,20-21,25-26H,1,4-5,8-13,17H2,2-3H3;12-13,16-17H,6-11,14H2,1-5H3;10-11,13,20H,6-9H2,1-5H3;9-10,13-14,19H,3-8,11H2,1-2H3;1H/t25-,26?;;;;/m0..../s1. The molecule has 3 amide bonds. The molecule has 0 spiro atoms. The van der Waals surface area contributed by atoms with Crippen molar-refractivity contribution in [3.05, 3.63) is 161 Å². The van der Waals surface area contributed by atoms with Gasteiger partial charge in [0.1, 0.15) is 22.8 Å².